The zero-order valence-electron chi connectivity index (χ0n) is 19.5. The highest BCUT2D eigenvalue weighted by molar-refractivity contribution is 5.95. The number of rotatable bonds is 6. The third-order valence-electron chi connectivity index (χ3n) is 6.34. The number of nitriles is 1. The van der Waals surface area contributed by atoms with Crippen molar-refractivity contribution in [2.75, 3.05) is 18.0 Å². The number of aryl methyl sites for hydroxylation is 2. The van der Waals surface area contributed by atoms with E-state index in [0.29, 0.717) is 18.7 Å². The highest BCUT2D eigenvalue weighted by atomic mass is 19.4. The van der Waals surface area contributed by atoms with Crippen LogP contribution in [0.5, 0.6) is 0 Å². The molecule has 1 aromatic carbocycles. The molecule has 3 heterocycles. The van der Waals surface area contributed by atoms with Crippen molar-refractivity contribution in [3.05, 3.63) is 53.1 Å². The van der Waals surface area contributed by atoms with E-state index in [1.807, 2.05) is 13.8 Å². The topological polar surface area (TPSA) is 103 Å². The maximum absolute atomic E-state index is 14.9. The molecule has 1 amide bonds. The molecular formula is C23H22F5N7O. The number of anilines is 1. The summed E-state index contributed by atoms with van der Waals surface area (Å²) in [5.41, 5.74) is 1.40. The monoisotopic (exact) mass is 507 g/mol. The zero-order valence-corrected chi connectivity index (χ0v) is 19.5. The summed E-state index contributed by atoms with van der Waals surface area (Å²) in [4.78, 5) is 13.6. The first-order chi connectivity index (χ1) is 16.9. The van der Waals surface area contributed by atoms with Crippen molar-refractivity contribution in [1.29, 1.82) is 5.26 Å². The van der Waals surface area contributed by atoms with Crippen molar-refractivity contribution in [3.8, 4) is 17.2 Å². The molecule has 1 aliphatic heterocycles. The van der Waals surface area contributed by atoms with E-state index in [1.54, 1.807) is 22.4 Å². The molecule has 1 fully saturated rings. The number of hydrogen-bond donors (Lipinski definition) is 2. The number of benzene rings is 1. The smallest absolute Gasteiger partial charge is 0.364 e. The Kier molecular flexibility index (Phi) is 6.24. The van der Waals surface area contributed by atoms with Gasteiger partial charge in [-0.2, -0.15) is 28.6 Å². The second-order valence-corrected chi connectivity index (χ2v) is 8.92. The number of carbonyl (C=O) groups excluding carboxylic acids is 1. The minimum atomic E-state index is -4.73. The van der Waals surface area contributed by atoms with Gasteiger partial charge < -0.3 is 10.2 Å². The van der Waals surface area contributed by atoms with E-state index in [9.17, 15) is 32.0 Å². The molecule has 8 nitrogen and oxygen atoms in total. The molecule has 0 spiro atoms. The summed E-state index contributed by atoms with van der Waals surface area (Å²) in [5.74, 6) is -3.51. The Morgan fingerprint density at radius 1 is 1.25 bits per heavy atom. The van der Waals surface area contributed by atoms with Gasteiger partial charge in [0.2, 0.25) is 0 Å². The quantitative estimate of drug-likeness (QED) is 0.492. The van der Waals surface area contributed by atoms with Crippen molar-refractivity contribution in [1.82, 2.24) is 25.3 Å². The van der Waals surface area contributed by atoms with E-state index in [4.69, 9.17) is 0 Å². The Morgan fingerprint density at radius 2 is 1.94 bits per heavy atom. The van der Waals surface area contributed by atoms with Crippen LogP contribution in [0.15, 0.2) is 24.5 Å². The lowest BCUT2D eigenvalue weighted by atomic mass is 9.86. The Morgan fingerprint density at radius 3 is 2.53 bits per heavy atom. The number of amides is 1. The first-order valence-electron chi connectivity index (χ1n) is 10.9. The fourth-order valence-corrected chi connectivity index (χ4v) is 4.22. The Labute approximate surface area is 202 Å². The highest BCUT2D eigenvalue weighted by Gasteiger charge is 2.47. The summed E-state index contributed by atoms with van der Waals surface area (Å²) in [6.45, 7) is 4.62. The number of H-pyrrole nitrogens is 1. The first kappa shape index (κ1) is 25.2. The second-order valence-electron chi connectivity index (χ2n) is 8.92. The molecule has 0 radical (unpaired) electrons. The number of alkyl halides is 3. The normalized spacial score (nSPS) is 15.8. The van der Waals surface area contributed by atoms with Crippen LogP contribution in [0, 0.1) is 36.8 Å². The molecule has 0 aliphatic carbocycles. The van der Waals surface area contributed by atoms with Crippen LogP contribution in [0.3, 0.4) is 0 Å². The number of aromatic amines is 1. The van der Waals surface area contributed by atoms with Gasteiger partial charge >= 0.3 is 6.18 Å². The van der Waals surface area contributed by atoms with E-state index in [1.165, 1.54) is 4.90 Å². The molecule has 0 saturated carbocycles. The van der Waals surface area contributed by atoms with Gasteiger partial charge in [-0.05, 0) is 26.8 Å². The van der Waals surface area contributed by atoms with E-state index in [-0.39, 0.29) is 25.2 Å². The molecule has 13 heteroatoms. The summed E-state index contributed by atoms with van der Waals surface area (Å²) in [6, 6.07) is 1.23. The SMILES string of the molecule is Cc1nn(C2(CC#N)CN(c3cc(F)c(C(=O)NC(C)C(F)(F)F)cc3F)C2)cc1-c1cn[nH]c1C. The lowest BCUT2D eigenvalue weighted by Gasteiger charge is -2.50. The largest absolute Gasteiger partial charge is 0.408 e. The van der Waals surface area contributed by atoms with Gasteiger partial charge in [0.25, 0.3) is 5.91 Å². The highest BCUT2D eigenvalue weighted by Crippen LogP contribution is 2.39. The van der Waals surface area contributed by atoms with Crippen molar-refractivity contribution in [2.45, 2.75) is 44.9 Å². The molecule has 36 heavy (non-hydrogen) atoms. The van der Waals surface area contributed by atoms with Gasteiger partial charge in [-0.15, -0.1) is 0 Å². The molecule has 3 aromatic rings. The van der Waals surface area contributed by atoms with Gasteiger partial charge in [-0.3, -0.25) is 14.6 Å². The minimum Gasteiger partial charge on any atom is -0.364 e. The van der Waals surface area contributed by atoms with Crippen LogP contribution >= 0.6 is 0 Å². The third kappa shape index (κ3) is 4.38. The molecule has 190 valence electrons. The maximum atomic E-state index is 14.9. The van der Waals surface area contributed by atoms with Gasteiger partial charge in [-0.1, -0.05) is 0 Å². The van der Waals surface area contributed by atoms with Crippen LogP contribution in [0.25, 0.3) is 11.1 Å². The van der Waals surface area contributed by atoms with Crippen LogP contribution in [-0.4, -0.2) is 51.2 Å². The fourth-order valence-electron chi connectivity index (χ4n) is 4.22. The summed E-state index contributed by atoms with van der Waals surface area (Å²) in [7, 11) is 0. The average Bonchev–Trinajstić information content (AvgIpc) is 3.36. The van der Waals surface area contributed by atoms with Gasteiger partial charge in [0, 0.05) is 42.2 Å². The molecule has 1 unspecified atom stereocenters. The van der Waals surface area contributed by atoms with Gasteiger partial charge in [0.1, 0.15) is 23.2 Å². The Bertz CT molecular complexity index is 1350. The lowest BCUT2D eigenvalue weighted by Crippen LogP contribution is -2.63. The third-order valence-corrected chi connectivity index (χ3v) is 6.34. The second kappa shape index (κ2) is 8.92. The van der Waals surface area contributed by atoms with Gasteiger partial charge in [-0.25, -0.2) is 8.78 Å². The standard InChI is InChI=1S/C23H22F5N7O/c1-12-16(8-30-32-12)17-9-35(33-13(17)2)22(4-5-29)10-34(11-22)20-7-18(24)15(6-19(20)25)21(36)31-14(3)23(26,27)28/h6-9,14H,4,10-11H2,1-3H3,(H,30,32)(H,31,36). The summed E-state index contributed by atoms with van der Waals surface area (Å²) in [6.07, 6.45) is -1.23. The average molecular weight is 507 g/mol. The van der Waals surface area contributed by atoms with Gasteiger partial charge in [0.15, 0.2) is 0 Å². The first-order valence-corrected chi connectivity index (χ1v) is 10.9. The van der Waals surface area contributed by atoms with Crippen LogP contribution in [0.4, 0.5) is 27.6 Å². The molecule has 0 bridgehead atoms. The van der Waals surface area contributed by atoms with E-state index in [2.05, 4.69) is 21.4 Å². The van der Waals surface area contributed by atoms with Crippen LogP contribution in [0.2, 0.25) is 0 Å². The molecule has 1 atom stereocenters. The number of carbonyl (C=O) groups is 1. The van der Waals surface area contributed by atoms with Crippen LogP contribution < -0.4 is 10.2 Å². The predicted octanol–water partition coefficient (Wildman–Crippen LogP) is 3.98. The van der Waals surface area contributed by atoms with Crippen molar-refractivity contribution < 1.29 is 26.7 Å². The van der Waals surface area contributed by atoms with E-state index < -0.39 is 40.9 Å². The minimum absolute atomic E-state index is 0.0500. The number of nitrogens with one attached hydrogen (secondary N) is 2. The van der Waals surface area contributed by atoms with Crippen molar-refractivity contribution in [3.63, 3.8) is 0 Å². The number of hydrogen-bond acceptors (Lipinski definition) is 5. The molecular weight excluding hydrogens is 485 g/mol. The number of nitrogens with zero attached hydrogens (tertiary/aromatic N) is 5. The fraction of sp³-hybridized carbons (Fsp3) is 0.391. The summed E-state index contributed by atoms with van der Waals surface area (Å²) >= 11 is 0. The molecule has 1 saturated heterocycles. The number of halogens is 5. The Balaban J connectivity index is 1.57. The predicted molar refractivity (Wildman–Crippen MR) is 119 cm³/mol. The zero-order chi connectivity index (χ0) is 26.4. The van der Waals surface area contributed by atoms with E-state index >= 15 is 0 Å². The Hall–Kier alpha value is -3.95. The van der Waals surface area contributed by atoms with Crippen LogP contribution in [0.1, 0.15) is 35.1 Å². The maximum Gasteiger partial charge on any atom is 0.408 e. The molecule has 4 rings (SSSR count). The lowest BCUT2D eigenvalue weighted by molar-refractivity contribution is -0.149. The molecule has 2 aromatic heterocycles. The van der Waals surface area contributed by atoms with E-state index in [0.717, 1.165) is 22.9 Å². The van der Waals surface area contributed by atoms with Crippen LogP contribution in [-0.2, 0) is 5.54 Å². The van der Waals surface area contributed by atoms with Crippen molar-refractivity contribution >= 4 is 11.6 Å². The van der Waals surface area contributed by atoms with Gasteiger partial charge in [0.05, 0.1) is 35.6 Å². The summed E-state index contributed by atoms with van der Waals surface area (Å²) < 4.78 is 69.3. The number of aromatic nitrogens is 4. The molecule has 1 aliphatic rings. The molecule has 2 N–H and O–H groups in total. The van der Waals surface area contributed by atoms with Crippen molar-refractivity contribution in [2.24, 2.45) is 0 Å². The summed E-state index contributed by atoms with van der Waals surface area (Å²) in [5, 5.41) is 22.5.